The molecule has 600 valence electrons. The molecule has 4 aliphatic heterocycles. The van der Waals surface area contributed by atoms with Crippen molar-refractivity contribution in [1.82, 2.24) is 0 Å². The van der Waals surface area contributed by atoms with Gasteiger partial charge in [-0.2, -0.15) is 0 Å². The second kappa shape index (κ2) is 42.9. The highest BCUT2D eigenvalue weighted by Crippen LogP contribution is 2.41. The van der Waals surface area contributed by atoms with Gasteiger partial charge in [-0.1, -0.05) is 243 Å². The molecule has 24 heteroatoms. The molecular formula is C89H100O24. The van der Waals surface area contributed by atoms with Gasteiger partial charge in [0.25, 0.3) is 0 Å². The summed E-state index contributed by atoms with van der Waals surface area (Å²) in [5.41, 5.74) is 6.29. The van der Waals surface area contributed by atoms with Gasteiger partial charge in [-0.3, -0.25) is 19.2 Å². The predicted octanol–water partition coefficient (Wildman–Crippen LogP) is 11.4. The van der Waals surface area contributed by atoms with Gasteiger partial charge in [0, 0.05) is 27.7 Å². The zero-order chi connectivity index (χ0) is 78.7. The molecule has 0 radical (unpaired) electrons. The van der Waals surface area contributed by atoms with Crippen molar-refractivity contribution in [2.45, 2.75) is 210 Å². The Bertz CT molecular complexity index is 4110. The van der Waals surface area contributed by atoms with Gasteiger partial charge in [0.2, 0.25) is 0 Å². The average molecular weight is 1550 g/mol. The highest BCUT2D eigenvalue weighted by atomic mass is 16.8. The first-order valence-electron chi connectivity index (χ1n) is 38.2. The fourth-order valence-corrected chi connectivity index (χ4v) is 14.3. The quantitative estimate of drug-likeness (QED) is 0.0278. The van der Waals surface area contributed by atoms with E-state index in [1.54, 1.807) is 6.92 Å². The molecule has 1 N–H and O–H groups in total. The average Bonchev–Trinajstić information content (AvgIpc) is 0.765. The Hall–Kier alpha value is -9.00. The van der Waals surface area contributed by atoms with Crippen LogP contribution in [0.1, 0.15) is 79.1 Å². The summed E-state index contributed by atoms with van der Waals surface area (Å²) in [6.07, 6.45) is -28.2. The van der Waals surface area contributed by atoms with Crippen LogP contribution in [0.5, 0.6) is 0 Å². The number of ether oxygens (including phenoxy) is 19. The van der Waals surface area contributed by atoms with Crippen LogP contribution in [0, 0.1) is 0 Å². The van der Waals surface area contributed by atoms with Crippen LogP contribution < -0.4 is 0 Å². The Morgan fingerprint density at radius 1 is 0.265 bits per heavy atom. The molecule has 0 aromatic heterocycles. The summed E-state index contributed by atoms with van der Waals surface area (Å²) >= 11 is 0. The first-order valence-corrected chi connectivity index (χ1v) is 38.2. The third-order valence-corrected chi connectivity index (χ3v) is 19.5. The number of hydrogen-bond donors (Lipinski definition) is 1. The Balaban J connectivity index is 1.03. The lowest BCUT2D eigenvalue weighted by atomic mass is 9.93. The normalized spacial score (nSPS) is 27.7. The maximum atomic E-state index is 14.4. The Kier molecular flexibility index (Phi) is 31.7. The van der Waals surface area contributed by atoms with Gasteiger partial charge in [-0.05, 0) is 51.4 Å². The molecule has 12 rings (SSSR count). The largest absolute Gasteiger partial charge is 0.457 e. The number of carbonyl (C=O) groups is 4. The molecule has 4 fully saturated rings. The number of rotatable bonds is 38. The van der Waals surface area contributed by atoms with E-state index in [1.165, 1.54) is 27.7 Å². The number of esters is 4. The van der Waals surface area contributed by atoms with Crippen molar-refractivity contribution >= 4 is 23.9 Å². The van der Waals surface area contributed by atoms with Crippen LogP contribution in [0.15, 0.2) is 243 Å². The molecular weight excluding hydrogens is 1450 g/mol. The molecule has 0 spiro atoms. The van der Waals surface area contributed by atoms with Gasteiger partial charge in [-0.15, -0.1) is 0 Å². The van der Waals surface area contributed by atoms with E-state index in [0.717, 1.165) is 44.5 Å². The fourth-order valence-electron chi connectivity index (χ4n) is 14.3. The smallest absolute Gasteiger partial charge is 0.303 e. The summed E-state index contributed by atoms with van der Waals surface area (Å²) in [5.74, 6) is -3.23. The van der Waals surface area contributed by atoms with E-state index in [0.29, 0.717) is 0 Å². The lowest BCUT2D eigenvalue weighted by Crippen LogP contribution is -2.69. The molecule has 12 unspecified atom stereocenters. The summed E-state index contributed by atoms with van der Waals surface area (Å²) in [6, 6.07) is 75.3. The van der Waals surface area contributed by atoms with Crippen LogP contribution in [-0.4, -0.2) is 178 Å². The minimum Gasteiger partial charge on any atom is -0.457 e. The van der Waals surface area contributed by atoms with E-state index in [-0.39, 0.29) is 72.7 Å². The van der Waals surface area contributed by atoms with Crippen LogP contribution in [0.2, 0.25) is 0 Å². The van der Waals surface area contributed by atoms with Gasteiger partial charge < -0.3 is 95.1 Å². The Morgan fingerprint density at radius 3 is 0.752 bits per heavy atom. The Morgan fingerprint density at radius 2 is 0.487 bits per heavy atom. The van der Waals surface area contributed by atoms with Crippen LogP contribution >= 0.6 is 0 Å². The first-order chi connectivity index (χ1) is 55.2. The van der Waals surface area contributed by atoms with Crippen molar-refractivity contribution in [3.05, 3.63) is 287 Å². The minimum atomic E-state index is -1.90. The van der Waals surface area contributed by atoms with Crippen LogP contribution in [0.25, 0.3) is 0 Å². The first kappa shape index (κ1) is 83.4. The van der Waals surface area contributed by atoms with Gasteiger partial charge in [0.05, 0.1) is 85.4 Å². The predicted molar refractivity (Wildman–Crippen MR) is 408 cm³/mol. The van der Waals surface area contributed by atoms with Crippen molar-refractivity contribution in [2.75, 3.05) is 26.4 Å². The van der Waals surface area contributed by atoms with Gasteiger partial charge in [0.1, 0.15) is 61.0 Å². The standard InChI is InChI=1S/C89H100O24/c1-58-75(98-50-66-36-20-9-21-37-66)80(76(71(46-90)103-58)99-51-67-38-22-10-23-39-67)111-88-85(82(105-60(3)92)78(101-53-69-42-26-12-27-43-69)73(109-88)56-96-48-64-32-16-7-17-33-64)113-89-86(83(106-61(4)93)79(102-54-70-44-28-13-29-45-70)74(110-89)57-97-49-65-34-18-8-19-35-65)112-87-84(107-62(5)94)81(104-59(2)91)77(100-52-68-40-24-11-25-41-68)72(108-87)55-95-47-63-30-14-6-15-31-63/h6-45,58,71-90H,46-57H2,1-5H3/t58?,71?,72?,73?,74?,75?,76-,77-,78-,79-,80+,81?,82?,83?,84?,85?,86?,87+,88+,89+/m0/s1. The molecule has 20 atom stereocenters. The number of aliphatic hydroxyl groups excluding tert-OH is 1. The maximum Gasteiger partial charge on any atom is 0.303 e. The maximum absolute atomic E-state index is 14.4. The molecule has 24 nitrogen and oxygen atoms in total. The number of benzene rings is 8. The number of carbonyl (C=O) groups excluding carboxylic acids is 4. The second-order valence-electron chi connectivity index (χ2n) is 28.1. The molecule has 113 heavy (non-hydrogen) atoms. The molecule has 4 heterocycles. The third-order valence-electron chi connectivity index (χ3n) is 19.5. The molecule has 0 aliphatic carbocycles. The fraction of sp³-hybridized carbons (Fsp3) is 0.416. The van der Waals surface area contributed by atoms with Crippen LogP contribution in [-0.2, 0) is 162 Å². The van der Waals surface area contributed by atoms with E-state index in [2.05, 4.69) is 0 Å². The Labute approximate surface area is 658 Å². The zero-order valence-electron chi connectivity index (χ0n) is 64.0. The molecule has 8 aromatic carbocycles. The summed E-state index contributed by atoms with van der Waals surface area (Å²) in [5, 5.41) is 11.5. The van der Waals surface area contributed by atoms with E-state index >= 15 is 0 Å². The zero-order valence-corrected chi connectivity index (χ0v) is 64.0. The molecule has 0 saturated carbocycles. The molecule has 0 amide bonds. The van der Waals surface area contributed by atoms with Crippen LogP contribution in [0.3, 0.4) is 0 Å². The van der Waals surface area contributed by atoms with Crippen molar-refractivity contribution in [3.63, 3.8) is 0 Å². The topological polar surface area (TPSA) is 264 Å². The third kappa shape index (κ3) is 24.3. The summed E-state index contributed by atoms with van der Waals surface area (Å²) in [7, 11) is 0. The van der Waals surface area contributed by atoms with Crippen LogP contribution in [0.4, 0.5) is 0 Å². The summed E-state index contributed by atoms with van der Waals surface area (Å²) in [6.45, 7) is 5.59. The van der Waals surface area contributed by atoms with Gasteiger partial charge in [-0.25, -0.2) is 0 Å². The highest BCUT2D eigenvalue weighted by molar-refractivity contribution is 5.68. The van der Waals surface area contributed by atoms with Crippen molar-refractivity contribution in [3.8, 4) is 0 Å². The highest BCUT2D eigenvalue weighted by Gasteiger charge is 2.60. The van der Waals surface area contributed by atoms with Crippen molar-refractivity contribution < 1.29 is 114 Å². The minimum absolute atomic E-state index is 0.0153. The van der Waals surface area contributed by atoms with E-state index in [1.807, 2.05) is 243 Å². The summed E-state index contributed by atoms with van der Waals surface area (Å²) in [4.78, 5) is 56.5. The lowest BCUT2D eigenvalue weighted by Gasteiger charge is -2.52. The molecule has 8 aromatic rings. The second-order valence-corrected chi connectivity index (χ2v) is 28.1. The molecule has 0 bridgehead atoms. The lowest BCUT2D eigenvalue weighted by molar-refractivity contribution is -0.406. The SMILES string of the molecule is CC(=O)OC1C(OC(C)=O)[C@@H](OCc2ccccc2)C(COCc2ccccc2)O[C@@H]1OC1C(OC(C)=O)[C@@H](OCc2ccccc2)C(COCc2ccccc2)O[C@@H]1OC1C(OC(C)=O)[C@@H](OCc2ccccc2)C(COCc2ccccc2)O[C@@H]1O[C@@H]1C(OCc2ccccc2)C(C)OC(CO)[C@@H]1OCc1ccccc1. The monoisotopic (exact) mass is 1550 g/mol. The number of hydrogen-bond acceptors (Lipinski definition) is 24. The van der Waals surface area contributed by atoms with E-state index in [9.17, 15) is 24.3 Å². The van der Waals surface area contributed by atoms with E-state index < -0.39 is 153 Å². The molecule has 4 saturated heterocycles. The summed E-state index contributed by atoms with van der Waals surface area (Å²) < 4.78 is 131. The molecule has 4 aliphatic rings. The van der Waals surface area contributed by atoms with Gasteiger partial charge in [0.15, 0.2) is 55.5 Å². The van der Waals surface area contributed by atoms with Crippen molar-refractivity contribution in [2.24, 2.45) is 0 Å². The van der Waals surface area contributed by atoms with Gasteiger partial charge >= 0.3 is 23.9 Å². The number of aliphatic hydroxyl groups is 1. The van der Waals surface area contributed by atoms with E-state index in [4.69, 9.17) is 90.0 Å². The van der Waals surface area contributed by atoms with Crippen molar-refractivity contribution in [1.29, 1.82) is 0 Å².